The van der Waals surface area contributed by atoms with Gasteiger partial charge >= 0.3 is 0 Å². The van der Waals surface area contributed by atoms with Gasteiger partial charge in [-0.1, -0.05) is 11.8 Å². The third-order valence-electron chi connectivity index (χ3n) is 4.40. The van der Waals surface area contributed by atoms with Gasteiger partial charge in [-0.15, -0.1) is 16.4 Å². The van der Waals surface area contributed by atoms with Gasteiger partial charge in [0.1, 0.15) is 11.0 Å². The van der Waals surface area contributed by atoms with E-state index in [4.69, 9.17) is 0 Å². The molecule has 9 heteroatoms. The van der Waals surface area contributed by atoms with Crippen molar-refractivity contribution >= 4 is 45.1 Å². The summed E-state index contributed by atoms with van der Waals surface area (Å²) in [5.74, 6) is 1.91. The molecule has 0 saturated carbocycles. The smallest absolute Gasteiger partial charge is 0.176 e. The molecule has 0 aromatic carbocycles. The molecule has 1 unspecified atom stereocenters. The molecule has 1 aliphatic rings. The van der Waals surface area contributed by atoms with Crippen LogP contribution in [0.15, 0.2) is 29.0 Å². The number of hydrogen-bond donors (Lipinski definition) is 0. The number of nitrogens with zero attached hydrogens (tertiary/aromatic N) is 7. The average molecular weight is 374 g/mol. The number of thioether (sulfide) groups is 1. The lowest BCUT2D eigenvalue weighted by Crippen LogP contribution is -2.39. The van der Waals surface area contributed by atoms with Gasteiger partial charge < -0.3 is 9.80 Å². The van der Waals surface area contributed by atoms with Crippen molar-refractivity contribution in [3.8, 4) is 0 Å². The maximum atomic E-state index is 4.54. The summed E-state index contributed by atoms with van der Waals surface area (Å²) in [6.07, 6.45) is 7.67. The molecule has 0 amide bonds. The predicted octanol–water partition coefficient (Wildman–Crippen LogP) is 2.70. The Morgan fingerprint density at radius 3 is 3.12 bits per heavy atom. The van der Waals surface area contributed by atoms with Gasteiger partial charge in [-0.05, 0) is 31.2 Å². The number of likely N-dealkylation sites (N-methyl/N-ethyl adjacent to an activating group) is 1. The Morgan fingerprint density at radius 1 is 1.40 bits per heavy atom. The molecule has 3 aromatic rings. The van der Waals surface area contributed by atoms with Crippen LogP contribution in [-0.4, -0.2) is 57.6 Å². The summed E-state index contributed by atoms with van der Waals surface area (Å²) in [5, 5.41) is 8.30. The van der Waals surface area contributed by atoms with E-state index in [-0.39, 0.29) is 0 Å². The third kappa shape index (κ3) is 3.25. The van der Waals surface area contributed by atoms with Crippen molar-refractivity contribution in [1.29, 1.82) is 0 Å². The topological polar surface area (TPSA) is 70.9 Å². The van der Waals surface area contributed by atoms with Crippen molar-refractivity contribution in [2.45, 2.75) is 23.2 Å². The second-order valence-electron chi connectivity index (χ2n) is 5.99. The summed E-state index contributed by atoms with van der Waals surface area (Å²) in [7, 11) is 2.09. The van der Waals surface area contributed by atoms with Gasteiger partial charge in [0.25, 0.3) is 0 Å². The number of thiazole rings is 1. The zero-order valence-corrected chi connectivity index (χ0v) is 15.8. The number of anilines is 2. The van der Waals surface area contributed by atoms with Gasteiger partial charge in [-0.2, -0.15) is 5.10 Å². The molecule has 130 valence electrons. The molecule has 4 rings (SSSR count). The van der Waals surface area contributed by atoms with E-state index in [1.807, 2.05) is 18.4 Å². The average Bonchev–Trinajstić information content (AvgIpc) is 3.28. The summed E-state index contributed by atoms with van der Waals surface area (Å²) in [4.78, 5) is 17.9. The minimum absolute atomic E-state index is 0.402. The number of fused-ring (bicyclic) bond motifs is 1. The van der Waals surface area contributed by atoms with Crippen LogP contribution in [0.25, 0.3) is 10.3 Å². The molecule has 1 saturated heterocycles. The molecule has 0 aliphatic carbocycles. The van der Waals surface area contributed by atoms with E-state index < -0.39 is 0 Å². The minimum atomic E-state index is 0.402. The van der Waals surface area contributed by atoms with E-state index in [1.165, 1.54) is 6.42 Å². The molecule has 1 fully saturated rings. The molecular weight excluding hydrogens is 354 g/mol. The van der Waals surface area contributed by atoms with Crippen LogP contribution in [0.4, 0.5) is 11.6 Å². The quantitative estimate of drug-likeness (QED) is 0.632. The largest absolute Gasteiger partial charge is 0.356 e. The van der Waals surface area contributed by atoms with Crippen LogP contribution in [0.2, 0.25) is 0 Å². The zero-order valence-electron chi connectivity index (χ0n) is 14.2. The molecule has 25 heavy (non-hydrogen) atoms. The van der Waals surface area contributed by atoms with Gasteiger partial charge in [0.15, 0.2) is 21.6 Å². The fourth-order valence-corrected chi connectivity index (χ4v) is 4.82. The van der Waals surface area contributed by atoms with Gasteiger partial charge in [0, 0.05) is 32.4 Å². The number of hydrogen-bond acceptors (Lipinski definition) is 9. The standard InChI is InChI=1S/C16H19N7S2/c1-22(15-13-14(17-10-18-15)20-16(24-2)25-13)9-11-5-4-8-23(11)12-6-3-7-19-21-12/h3,6-7,10-11H,4-5,8-9H2,1-2H3. The van der Waals surface area contributed by atoms with Crippen molar-refractivity contribution < 1.29 is 0 Å². The monoisotopic (exact) mass is 373 g/mol. The lowest BCUT2D eigenvalue weighted by atomic mass is 10.2. The highest BCUT2D eigenvalue weighted by molar-refractivity contribution is 8.00. The van der Waals surface area contributed by atoms with Crippen molar-refractivity contribution in [3.63, 3.8) is 0 Å². The normalized spacial score (nSPS) is 17.4. The van der Waals surface area contributed by atoms with Crippen LogP contribution in [0.1, 0.15) is 12.8 Å². The first-order chi connectivity index (χ1) is 12.3. The Bertz CT molecular complexity index is 854. The van der Waals surface area contributed by atoms with Gasteiger partial charge in [0.05, 0.1) is 0 Å². The van der Waals surface area contributed by atoms with Crippen molar-refractivity contribution in [2.24, 2.45) is 0 Å². The van der Waals surface area contributed by atoms with Gasteiger partial charge in [-0.3, -0.25) is 0 Å². The predicted molar refractivity (Wildman–Crippen MR) is 103 cm³/mol. The molecular formula is C16H19N7S2. The van der Waals surface area contributed by atoms with Crippen molar-refractivity contribution in [3.05, 3.63) is 24.7 Å². The van der Waals surface area contributed by atoms with Crippen LogP contribution in [0.5, 0.6) is 0 Å². The summed E-state index contributed by atoms with van der Waals surface area (Å²) >= 11 is 3.30. The van der Waals surface area contributed by atoms with E-state index in [9.17, 15) is 0 Å². The second-order valence-corrected chi connectivity index (χ2v) is 8.04. The van der Waals surface area contributed by atoms with E-state index in [2.05, 4.69) is 42.0 Å². The van der Waals surface area contributed by atoms with E-state index in [0.29, 0.717) is 6.04 Å². The first kappa shape index (κ1) is 16.5. The molecule has 0 radical (unpaired) electrons. The summed E-state index contributed by atoms with van der Waals surface area (Å²) in [6.45, 7) is 1.91. The third-order valence-corrected chi connectivity index (χ3v) is 6.43. The molecule has 4 heterocycles. The van der Waals surface area contributed by atoms with Crippen molar-refractivity contribution in [1.82, 2.24) is 25.1 Å². The van der Waals surface area contributed by atoms with Gasteiger partial charge in [-0.25, -0.2) is 15.0 Å². The van der Waals surface area contributed by atoms with Crippen LogP contribution >= 0.6 is 23.1 Å². The summed E-state index contributed by atoms with van der Waals surface area (Å²) in [6, 6.07) is 4.37. The molecule has 0 spiro atoms. The Morgan fingerprint density at radius 2 is 2.32 bits per heavy atom. The molecule has 7 nitrogen and oxygen atoms in total. The minimum Gasteiger partial charge on any atom is -0.356 e. The highest BCUT2D eigenvalue weighted by Gasteiger charge is 2.28. The first-order valence-corrected chi connectivity index (χ1v) is 10.2. The Kier molecular flexibility index (Phi) is 4.67. The van der Waals surface area contributed by atoms with E-state index >= 15 is 0 Å². The van der Waals surface area contributed by atoms with E-state index in [1.54, 1.807) is 35.6 Å². The maximum absolute atomic E-state index is 4.54. The molecule has 1 aliphatic heterocycles. The van der Waals surface area contributed by atoms with Crippen LogP contribution in [0.3, 0.4) is 0 Å². The SMILES string of the molecule is CSc1nc2ncnc(N(C)CC3CCCN3c3cccnn3)c2s1. The fourth-order valence-electron chi connectivity index (χ4n) is 3.26. The van der Waals surface area contributed by atoms with Crippen LogP contribution in [0, 0.1) is 0 Å². The van der Waals surface area contributed by atoms with Gasteiger partial charge in [0.2, 0.25) is 0 Å². The summed E-state index contributed by atoms with van der Waals surface area (Å²) < 4.78 is 2.07. The molecule has 1 atom stereocenters. The van der Waals surface area contributed by atoms with Crippen LogP contribution in [-0.2, 0) is 0 Å². The molecule has 3 aromatic heterocycles. The lowest BCUT2D eigenvalue weighted by molar-refractivity contribution is 0.644. The number of rotatable bonds is 5. The number of aromatic nitrogens is 5. The molecule has 0 N–H and O–H groups in total. The zero-order chi connectivity index (χ0) is 17.2. The molecule has 0 bridgehead atoms. The highest BCUT2D eigenvalue weighted by Crippen LogP contribution is 2.33. The first-order valence-electron chi connectivity index (χ1n) is 8.17. The second kappa shape index (κ2) is 7.09. The fraction of sp³-hybridized carbons (Fsp3) is 0.438. The Balaban J connectivity index is 1.57. The van der Waals surface area contributed by atoms with Crippen LogP contribution < -0.4 is 9.80 Å². The lowest BCUT2D eigenvalue weighted by Gasteiger charge is -2.29. The Hall–Kier alpha value is -2.00. The summed E-state index contributed by atoms with van der Waals surface area (Å²) in [5.41, 5.74) is 0.781. The van der Waals surface area contributed by atoms with Crippen molar-refractivity contribution in [2.75, 3.05) is 36.2 Å². The van der Waals surface area contributed by atoms with E-state index in [0.717, 1.165) is 45.8 Å². The highest BCUT2D eigenvalue weighted by atomic mass is 32.2. The Labute approximate surface area is 154 Å². The maximum Gasteiger partial charge on any atom is 0.176 e.